The van der Waals surface area contributed by atoms with E-state index < -0.39 is 5.91 Å². The predicted octanol–water partition coefficient (Wildman–Crippen LogP) is 2.93. The van der Waals surface area contributed by atoms with E-state index in [0.29, 0.717) is 10.7 Å². The summed E-state index contributed by atoms with van der Waals surface area (Å²) in [6.45, 7) is 1.69. The van der Waals surface area contributed by atoms with Gasteiger partial charge in [0.05, 0.1) is 5.56 Å². The Morgan fingerprint density at radius 2 is 1.95 bits per heavy atom. The van der Waals surface area contributed by atoms with Gasteiger partial charge in [-0.3, -0.25) is 9.59 Å². The topological polar surface area (TPSA) is 78.4 Å². The zero-order valence-electron chi connectivity index (χ0n) is 11.9. The lowest BCUT2D eigenvalue weighted by molar-refractivity contribution is -0.114. The number of aromatic hydroxyl groups is 1. The molecule has 0 unspecified atom stereocenters. The smallest absolute Gasteiger partial charge is 0.255 e. The second-order valence-corrected chi connectivity index (χ2v) is 5.16. The van der Waals surface area contributed by atoms with Gasteiger partial charge in [-0.05, 0) is 35.9 Å². The average Bonchev–Trinajstić information content (AvgIpc) is 2.47. The molecule has 0 radical (unpaired) electrons. The summed E-state index contributed by atoms with van der Waals surface area (Å²) < 4.78 is 0. The SMILES string of the molecule is CC(=O)Nc1cccc(CNC(=O)c2cc(Cl)ccc2O)c1. The van der Waals surface area contributed by atoms with Crippen LogP contribution in [0.1, 0.15) is 22.8 Å². The number of carbonyl (C=O) groups excluding carboxylic acids is 2. The van der Waals surface area contributed by atoms with Gasteiger partial charge < -0.3 is 15.7 Å². The number of rotatable bonds is 4. The van der Waals surface area contributed by atoms with Crippen molar-refractivity contribution < 1.29 is 14.7 Å². The first-order valence-corrected chi connectivity index (χ1v) is 6.97. The molecule has 0 aliphatic rings. The van der Waals surface area contributed by atoms with Crippen LogP contribution in [0, 0.1) is 0 Å². The molecule has 2 aromatic carbocycles. The van der Waals surface area contributed by atoms with E-state index in [1.165, 1.54) is 25.1 Å². The van der Waals surface area contributed by atoms with E-state index in [-0.39, 0.29) is 23.8 Å². The van der Waals surface area contributed by atoms with Crippen LogP contribution in [0.15, 0.2) is 42.5 Å². The predicted molar refractivity (Wildman–Crippen MR) is 85.0 cm³/mol. The van der Waals surface area contributed by atoms with Gasteiger partial charge in [0.2, 0.25) is 5.91 Å². The van der Waals surface area contributed by atoms with Crippen molar-refractivity contribution in [3.05, 3.63) is 58.6 Å². The van der Waals surface area contributed by atoms with E-state index in [9.17, 15) is 14.7 Å². The van der Waals surface area contributed by atoms with Gasteiger partial charge >= 0.3 is 0 Å². The third-order valence-corrected chi connectivity index (χ3v) is 3.14. The molecule has 2 aromatic rings. The average molecular weight is 319 g/mol. The zero-order valence-corrected chi connectivity index (χ0v) is 12.6. The van der Waals surface area contributed by atoms with Gasteiger partial charge in [-0.1, -0.05) is 23.7 Å². The summed E-state index contributed by atoms with van der Waals surface area (Å²) in [6, 6.07) is 11.4. The van der Waals surface area contributed by atoms with E-state index in [2.05, 4.69) is 10.6 Å². The Morgan fingerprint density at radius 3 is 2.68 bits per heavy atom. The second-order valence-electron chi connectivity index (χ2n) is 4.73. The van der Waals surface area contributed by atoms with Gasteiger partial charge in [-0.25, -0.2) is 0 Å². The fourth-order valence-corrected chi connectivity index (χ4v) is 2.10. The van der Waals surface area contributed by atoms with E-state index in [4.69, 9.17) is 11.6 Å². The standard InChI is InChI=1S/C16H15ClN2O3/c1-10(20)19-13-4-2-3-11(7-13)9-18-16(22)14-8-12(17)5-6-15(14)21/h2-8,21H,9H2,1H3,(H,18,22)(H,19,20). The summed E-state index contributed by atoms with van der Waals surface area (Å²) in [4.78, 5) is 23.1. The number of hydrogen-bond acceptors (Lipinski definition) is 3. The van der Waals surface area contributed by atoms with Gasteiger partial charge in [-0.2, -0.15) is 0 Å². The molecule has 0 heterocycles. The molecule has 114 valence electrons. The Kier molecular flexibility index (Phi) is 5.01. The first kappa shape index (κ1) is 15.9. The van der Waals surface area contributed by atoms with Crippen molar-refractivity contribution in [2.45, 2.75) is 13.5 Å². The van der Waals surface area contributed by atoms with Crippen LogP contribution in [0.25, 0.3) is 0 Å². The van der Waals surface area contributed by atoms with E-state index in [0.717, 1.165) is 5.56 Å². The van der Waals surface area contributed by atoms with Crippen LogP contribution in [-0.4, -0.2) is 16.9 Å². The Morgan fingerprint density at radius 1 is 1.18 bits per heavy atom. The van der Waals surface area contributed by atoms with Crippen LogP contribution in [0.3, 0.4) is 0 Å². The number of carbonyl (C=O) groups is 2. The minimum atomic E-state index is -0.426. The largest absolute Gasteiger partial charge is 0.507 e. The van der Waals surface area contributed by atoms with E-state index in [1.54, 1.807) is 18.2 Å². The minimum absolute atomic E-state index is 0.116. The van der Waals surface area contributed by atoms with E-state index >= 15 is 0 Å². The van der Waals surface area contributed by atoms with Crippen molar-refractivity contribution in [1.82, 2.24) is 5.32 Å². The molecule has 5 nitrogen and oxygen atoms in total. The Labute approximate surface area is 132 Å². The monoisotopic (exact) mass is 318 g/mol. The molecule has 3 N–H and O–H groups in total. The molecule has 2 amide bonds. The number of phenolic OH excluding ortho intramolecular Hbond substituents is 1. The number of phenols is 1. The van der Waals surface area contributed by atoms with Crippen molar-refractivity contribution in [3.8, 4) is 5.75 Å². The molecular formula is C16H15ClN2O3. The summed E-state index contributed by atoms with van der Waals surface area (Å²) in [5.74, 6) is -0.719. The molecular weight excluding hydrogens is 304 g/mol. The number of anilines is 1. The van der Waals surface area contributed by atoms with Crippen molar-refractivity contribution in [3.63, 3.8) is 0 Å². The molecule has 0 saturated carbocycles. The molecule has 2 rings (SSSR count). The lowest BCUT2D eigenvalue weighted by Crippen LogP contribution is -2.23. The fourth-order valence-electron chi connectivity index (χ4n) is 1.93. The summed E-state index contributed by atoms with van der Waals surface area (Å²) in [5.41, 5.74) is 1.59. The summed E-state index contributed by atoms with van der Waals surface area (Å²) in [5, 5.41) is 15.4. The van der Waals surface area contributed by atoms with Gasteiger partial charge in [0, 0.05) is 24.2 Å². The maximum Gasteiger partial charge on any atom is 0.255 e. The van der Waals surface area contributed by atoms with Crippen molar-refractivity contribution in [2.75, 3.05) is 5.32 Å². The van der Waals surface area contributed by atoms with Crippen LogP contribution in [-0.2, 0) is 11.3 Å². The van der Waals surface area contributed by atoms with Crippen molar-refractivity contribution in [2.24, 2.45) is 0 Å². The lowest BCUT2D eigenvalue weighted by atomic mass is 10.1. The summed E-state index contributed by atoms with van der Waals surface area (Å²) in [6.07, 6.45) is 0. The van der Waals surface area contributed by atoms with Crippen molar-refractivity contribution >= 4 is 29.1 Å². The molecule has 0 atom stereocenters. The van der Waals surface area contributed by atoms with Crippen LogP contribution >= 0.6 is 11.6 Å². The zero-order chi connectivity index (χ0) is 16.1. The number of amides is 2. The number of benzene rings is 2. The third kappa shape index (κ3) is 4.23. The summed E-state index contributed by atoms with van der Waals surface area (Å²) in [7, 11) is 0. The minimum Gasteiger partial charge on any atom is -0.507 e. The molecule has 0 aliphatic carbocycles. The van der Waals surface area contributed by atoms with Crippen LogP contribution in [0.4, 0.5) is 5.69 Å². The maximum atomic E-state index is 12.1. The molecule has 0 bridgehead atoms. The fraction of sp³-hybridized carbons (Fsp3) is 0.125. The van der Waals surface area contributed by atoms with Gasteiger partial charge in [0.15, 0.2) is 0 Å². The Balaban J connectivity index is 2.05. The highest BCUT2D eigenvalue weighted by Gasteiger charge is 2.11. The molecule has 22 heavy (non-hydrogen) atoms. The first-order chi connectivity index (χ1) is 10.5. The van der Waals surface area contributed by atoms with Crippen LogP contribution in [0.2, 0.25) is 5.02 Å². The van der Waals surface area contributed by atoms with E-state index in [1.807, 2.05) is 6.07 Å². The van der Waals surface area contributed by atoms with Crippen LogP contribution < -0.4 is 10.6 Å². The highest BCUT2D eigenvalue weighted by Crippen LogP contribution is 2.21. The molecule has 0 fully saturated rings. The lowest BCUT2D eigenvalue weighted by Gasteiger charge is -2.09. The molecule has 0 spiro atoms. The van der Waals surface area contributed by atoms with Crippen LogP contribution in [0.5, 0.6) is 5.75 Å². The summed E-state index contributed by atoms with van der Waals surface area (Å²) >= 11 is 5.82. The van der Waals surface area contributed by atoms with Crippen molar-refractivity contribution in [1.29, 1.82) is 0 Å². The normalized spacial score (nSPS) is 10.1. The molecule has 6 heteroatoms. The Bertz CT molecular complexity index is 716. The van der Waals surface area contributed by atoms with Gasteiger partial charge in [0.25, 0.3) is 5.91 Å². The third-order valence-electron chi connectivity index (χ3n) is 2.90. The number of halogens is 1. The number of nitrogens with one attached hydrogen (secondary N) is 2. The molecule has 0 aromatic heterocycles. The highest BCUT2D eigenvalue weighted by atomic mass is 35.5. The first-order valence-electron chi connectivity index (χ1n) is 6.59. The molecule has 0 saturated heterocycles. The maximum absolute atomic E-state index is 12.1. The molecule has 0 aliphatic heterocycles. The second kappa shape index (κ2) is 6.95. The van der Waals surface area contributed by atoms with Gasteiger partial charge in [0.1, 0.15) is 5.75 Å². The van der Waals surface area contributed by atoms with Gasteiger partial charge in [-0.15, -0.1) is 0 Å². The quantitative estimate of drug-likeness (QED) is 0.811. The number of hydrogen-bond donors (Lipinski definition) is 3. The highest BCUT2D eigenvalue weighted by molar-refractivity contribution is 6.31. The Hall–Kier alpha value is -2.53.